The van der Waals surface area contributed by atoms with Gasteiger partial charge in [0.1, 0.15) is 0 Å². The van der Waals surface area contributed by atoms with Crippen molar-refractivity contribution in [3.63, 3.8) is 0 Å². The van der Waals surface area contributed by atoms with Gasteiger partial charge in [0.15, 0.2) is 5.78 Å². The predicted octanol–water partition coefficient (Wildman–Crippen LogP) is 2.77. The van der Waals surface area contributed by atoms with Gasteiger partial charge in [0.2, 0.25) is 0 Å². The summed E-state index contributed by atoms with van der Waals surface area (Å²) in [4.78, 5) is 11.5. The minimum Gasteiger partial charge on any atom is -0.288 e. The Balaban J connectivity index is 2.95. The van der Waals surface area contributed by atoms with Crippen molar-refractivity contribution >= 4 is 28.7 Å². The Kier molecular flexibility index (Phi) is 2.25. The molecule has 3 heteroatoms. The quantitative estimate of drug-likeness (QED) is 0.495. The fourth-order valence-electron chi connectivity index (χ4n) is 0.543. The topological polar surface area (TPSA) is 17.1 Å². The molecule has 0 spiro atoms. The van der Waals surface area contributed by atoms with Gasteiger partial charge in [0.05, 0.1) is 9.90 Å². The maximum atomic E-state index is 10.9. The van der Waals surface area contributed by atoms with E-state index >= 15 is 0 Å². The van der Waals surface area contributed by atoms with Crippen LogP contribution in [-0.2, 0) is 0 Å². The van der Waals surface area contributed by atoms with E-state index in [1.54, 1.807) is 11.4 Å². The van der Waals surface area contributed by atoms with Crippen molar-refractivity contribution in [3.05, 3.63) is 34.0 Å². The number of carbonyl (C=O) groups is 1. The molecule has 0 N–H and O–H groups in total. The Morgan fingerprint density at radius 1 is 1.80 bits per heavy atom. The zero-order valence-electron chi connectivity index (χ0n) is 5.13. The Morgan fingerprint density at radius 3 is 2.90 bits per heavy atom. The summed E-state index contributed by atoms with van der Waals surface area (Å²) in [6, 6.07) is 1.64. The van der Waals surface area contributed by atoms with Crippen molar-refractivity contribution in [1.82, 2.24) is 0 Å². The average molecular weight is 173 g/mol. The van der Waals surface area contributed by atoms with Crippen LogP contribution in [0.4, 0.5) is 0 Å². The van der Waals surface area contributed by atoms with E-state index in [4.69, 9.17) is 11.6 Å². The number of ketones is 1. The van der Waals surface area contributed by atoms with Crippen LogP contribution in [0.25, 0.3) is 0 Å². The van der Waals surface area contributed by atoms with Crippen LogP contribution in [0.3, 0.4) is 0 Å². The lowest BCUT2D eigenvalue weighted by molar-refractivity contribution is 0.105. The van der Waals surface area contributed by atoms with Gasteiger partial charge in [-0.25, -0.2) is 0 Å². The number of thiophene rings is 1. The van der Waals surface area contributed by atoms with Gasteiger partial charge < -0.3 is 0 Å². The fraction of sp³-hybridized carbons (Fsp3) is 0. The summed E-state index contributed by atoms with van der Waals surface area (Å²) in [7, 11) is 0. The minimum absolute atomic E-state index is 0.0723. The van der Waals surface area contributed by atoms with Crippen molar-refractivity contribution in [2.75, 3.05) is 0 Å². The Labute approximate surface area is 67.9 Å². The number of halogens is 1. The van der Waals surface area contributed by atoms with Crippen LogP contribution in [-0.4, -0.2) is 5.78 Å². The second-order valence-electron chi connectivity index (χ2n) is 1.70. The van der Waals surface area contributed by atoms with Crippen molar-refractivity contribution < 1.29 is 4.79 Å². The van der Waals surface area contributed by atoms with E-state index in [0.29, 0.717) is 9.90 Å². The first-order valence-corrected chi connectivity index (χ1v) is 3.90. The van der Waals surface area contributed by atoms with E-state index in [2.05, 4.69) is 6.58 Å². The third-order valence-electron chi connectivity index (χ3n) is 0.996. The van der Waals surface area contributed by atoms with E-state index in [0.717, 1.165) is 0 Å². The standard InChI is InChI=1S/C7H5ClOS/c1-2-6(9)7-3-5(8)4-10-7/h2-4H,1H2. The molecule has 0 aromatic carbocycles. The highest BCUT2D eigenvalue weighted by molar-refractivity contribution is 7.12. The lowest BCUT2D eigenvalue weighted by Crippen LogP contribution is -1.86. The van der Waals surface area contributed by atoms with Gasteiger partial charge in [0, 0.05) is 5.38 Å². The van der Waals surface area contributed by atoms with Crippen molar-refractivity contribution in [3.8, 4) is 0 Å². The van der Waals surface area contributed by atoms with Crippen LogP contribution >= 0.6 is 22.9 Å². The zero-order chi connectivity index (χ0) is 7.56. The van der Waals surface area contributed by atoms with Crippen LogP contribution in [0.5, 0.6) is 0 Å². The van der Waals surface area contributed by atoms with E-state index in [1.165, 1.54) is 17.4 Å². The molecule has 0 aliphatic carbocycles. The number of rotatable bonds is 2. The molecule has 1 aromatic rings. The van der Waals surface area contributed by atoms with Crippen molar-refractivity contribution in [2.45, 2.75) is 0 Å². The van der Waals surface area contributed by atoms with Crippen molar-refractivity contribution in [1.29, 1.82) is 0 Å². The summed E-state index contributed by atoms with van der Waals surface area (Å²) in [6.07, 6.45) is 1.28. The van der Waals surface area contributed by atoms with Gasteiger partial charge in [-0.2, -0.15) is 0 Å². The maximum Gasteiger partial charge on any atom is 0.195 e. The van der Waals surface area contributed by atoms with Crippen LogP contribution < -0.4 is 0 Å². The van der Waals surface area contributed by atoms with Crippen LogP contribution in [0.1, 0.15) is 9.67 Å². The van der Waals surface area contributed by atoms with Gasteiger partial charge in [0.25, 0.3) is 0 Å². The van der Waals surface area contributed by atoms with Gasteiger partial charge in [-0.15, -0.1) is 11.3 Å². The number of carbonyl (C=O) groups excluding carboxylic acids is 1. The lowest BCUT2D eigenvalue weighted by atomic mass is 10.3. The van der Waals surface area contributed by atoms with E-state index in [-0.39, 0.29) is 5.78 Å². The molecule has 0 saturated heterocycles. The third-order valence-corrected chi connectivity index (χ3v) is 2.29. The predicted molar refractivity (Wildman–Crippen MR) is 43.9 cm³/mol. The molecule has 0 saturated carbocycles. The second-order valence-corrected chi connectivity index (χ2v) is 3.05. The largest absolute Gasteiger partial charge is 0.288 e. The molecule has 0 unspecified atom stereocenters. The Bertz CT molecular complexity index is 264. The molecular formula is C7H5ClOS. The summed E-state index contributed by atoms with van der Waals surface area (Å²) < 4.78 is 0. The first-order chi connectivity index (χ1) is 4.74. The summed E-state index contributed by atoms with van der Waals surface area (Å²) in [5.41, 5.74) is 0. The lowest BCUT2D eigenvalue weighted by Gasteiger charge is -1.82. The first-order valence-electron chi connectivity index (χ1n) is 2.65. The average Bonchev–Trinajstić information content (AvgIpc) is 2.34. The monoisotopic (exact) mass is 172 g/mol. The molecule has 1 nitrogen and oxygen atoms in total. The highest BCUT2D eigenvalue weighted by atomic mass is 35.5. The molecule has 52 valence electrons. The molecular weight excluding hydrogens is 168 g/mol. The number of allylic oxidation sites excluding steroid dienone is 1. The Hall–Kier alpha value is -0.600. The molecule has 0 aliphatic heterocycles. The smallest absolute Gasteiger partial charge is 0.195 e. The molecule has 0 radical (unpaired) electrons. The molecule has 0 bridgehead atoms. The maximum absolute atomic E-state index is 10.9. The van der Waals surface area contributed by atoms with E-state index < -0.39 is 0 Å². The van der Waals surface area contributed by atoms with Crippen LogP contribution in [0.2, 0.25) is 5.02 Å². The highest BCUT2D eigenvalue weighted by Crippen LogP contribution is 2.19. The molecule has 0 fully saturated rings. The van der Waals surface area contributed by atoms with Gasteiger partial charge in [-0.05, 0) is 12.1 Å². The summed E-state index contributed by atoms with van der Waals surface area (Å²) >= 11 is 6.91. The summed E-state index contributed by atoms with van der Waals surface area (Å²) in [5.74, 6) is -0.0723. The van der Waals surface area contributed by atoms with Gasteiger partial charge in [-0.3, -0.25) is 4.79 Å². The number of hydrogen-bond donors (Lipinski definition) is 0. The SMILES string of the molecule is C=CC(=O)c1cc(Cl)cs1. The molecule has 1 aromatic heterocycles. The van der Waals surface area contributed by atoms with E-state index in [9.17, 15) is 4.79 Å². The van der Waals surface area contributed by atoms with Gasteiger partial charge >= 0.3 is 0 Å². The molecule has 0 aliphatic rings. The van der Waals surface area contributed by atoms with Crippen molar-refractivity contribution in [2.24, 2.45) is 0 Å². The van der Waals surface area contributed by atoms with Gasteiger partial charge in [-0.1, -0.05) is 18.2 Å². The van der Waals surface area contributed by atoms with Crippen LogP contribution in [0.15, 0.2) is 24.1 Å². The normalized spacial score (nSPS) is 9.30. The first kappa shape index (κ1) is 7.51. The fourth-order valence-corrected chi connectivity index (χ4v) is 1.55. The minimum atomic E-state index is -0.0723. The number of hydrogen-bond acceptors (Lipinski definition) is 2. The van der Waals surface area contributed by atoms with Crippen LogP contribution in [0, 0.1) is 0 Å². The molecule has 0 amide bonds. The Morgan fingerprint density at radius 2 is 2.50 bits per heavy atom. The molecule has 1 heterocycles. The summed E-state index contributed by atoms with van der Waals surface area (Å²) in [5, 5.41) is 2.33. The highest BCUT2D eigenvalue weighted by Gasteiger charge is 2.02. The second kappa shape index (κ2) is 2.99. The zero-order valence-corrected chi connectivity index (χ0v) is 6.71. The molecule has 0 atom stereocenters. The molecule has 1 rings (SSSR count). The third kappa shape index (κ3) is 1.46. The van der Waals surface area contributed by atoms with E-state index in [1.807, 2.05) is 0 Å². The molecule has 10 heavy (non-hydrogen) atoms. The summed E-state index contributed by atoms with van der Waals surface area (Å²) in [6.45, 7) is 3.36.